The molecule has 3 rings (SSSR count). The van der Waals surface area contributed by atoms with Gasteiger partial charge >= 0.3 is 0 Å². The number of rotatable bonds is 4. The molecule has 2 saturated heterocycles. The summed E-state index contributed by atoms with van der Waals surface area (Å²) in [4.78, 5) is 18.3. The normalized spacial score (nSPS) is 21.4. The highest BCUT2D eigenvalue weighted by atomic mass is 16.2. The lowest BCUT2D eigenvalue weighted by molar-refractivity contribution is -0.129. The maximum Gasteiger partial charge on any atom is 0.236 e. The van der Waals surface area contributed by atoms with Crippen molar-refractivity contribution in [2.45, 2.75) is 13.0 Å². The minimum atomic E-state index is 0.215. The predicted molar refractivity (Wildman–Crippen MR) is 83.9 cm³/mol. The summed E-state index contributed by atoms with van der Waals surface area (Å²) in [6, 6.07) is 10.7. The number of benzene rings is 1. The number of hydrogen-bond donors (Lipinski definition) is 0. The Hall–Kier alpha value is -1.39. The Morgan fingerprint density at radius 3 is 2.48 bits per heavy atom. The van der Waals surface area contributed by atoms with E-state index in [0.717, 1.165) is 19.6 Å². The van der Waals surface area contributed by atoms with Gasteiger partial charge in [-0.1, -0.05) is 30.3 Å². The molecule has 0 N–H and O–H groups in total. The summed E-state index contributed by atoms with van der Waals surface area (Å²) in [5.41, 5.74) is 1.84. The van der Waals surface area contributed by atoms with E-state index in [4.69, 9.17) is 0 Å². The molecule has 1 aromatic carbocycles. The maximum atomic E-state index is 11.8. The zero-order valence-electron chi connectivity index (χ0n) is 13.1. The molecule has 0 unspecified atom stereocenters. The van der Waals surface area contributed by atoms with Gasteiger partial charge in [0, 0.05) is 45.7 Å². The minimum Gasteiger partial charge on any atom is -0.348 e. The molecule has 0 aliphatic carbocycles. The molecule has 2 heterocycles. The fourth-order valence-electron chi connectivity index (χ4n) is 3.61. The van der Waals surface area contributed by atoms with Gasteiger partial charge in [0.05, 0.1) is 6.54 Å². The Bertz CT molecular complexity index is 494. The molecular weight excluding hydrogens is 262 g/mol. The van der Waals surface area contributed by atoms with Crippen LogP contribution in [0.25, 0.3) is 0 Å². The van der Waals surface area contributed by atoms with Gasteiger partial charge in [-0.2, -0.15) is 0 Å². The SMILES string of the molecule is CN(C)C(=O)CN1CCC2(C1)CN(Cc1ccccc1)C2. The highest BCUT2D eigenvalue weighted by Gasteiger charge is 2.47. The van der Waals surface area contributed by atoms with E-state index in [1.54, 1.807) is 4.90 Å². The molecule has 0 saturated carbocycles. The summed E-state index contributed by atoms with van der Waals surface area (Å²) in [6.45, 7) is 6.13. The van der Waals surface area contributed by atoms with E-state index in [1.165, 1.54) is 25.1 Å². The van der Waals surface area contributed by atoms with Gasteiger partial charge < -0.3 is 4.90 Å². The molecule has 4 heteroatoms. The van der Waals surface area contributed by atoms with E-state index in [1.807, 2.05) is 14.1 Å². The molecule has 1 aromatic rings. The molecule has 1 spiro atoms. The van der Waals surface area contributed by atoms with Crippen molar-refractivity contribution < 1.29 is 4.79 Å². The number of likely N-dealkylation sites (N-methyl/N-ethyl adjacent to an activating group) is 1. The number of carbonyl (C=O) groups is 1. The van der Waals surface area contributed by atoms with Crippen LogP contribution >= 0.6 is 0 Å². The third-order valence-electron chi connectivity index (χ3n) is 4.74. The van der Waals surface area contributed by atoms with Crippen molar-refractivity contribution in [2.75, 3.05) is 46.8 Å². The second kappa shape index (κ2) is 5.78. The minimum absolute atomic E-state index is 0.215. The topological polar surface area (TPSA) is 26.8 Å². The van der Waals surface area contributed by atoms with Crippen LogP contribution in [0.1, 0.15) is 12.0 Å². The van der Waals surface area contributed by atoms with Crippen LogP contribution in [0.5, 0.6) is 0 Å². The summed E-state index contributed by atoms with van der Waals surface area (Å²) in [6.07, 6.45) is 1.24. The van der Waals surface area contributed by atoms with Gasteiger partial charge in [0.2, 0.25) is 5.91 Å². The number of hydrogen-bond acceptors (Lipinski definition) is 3. The molecule has 2 aliphatic rings. The fraction of sp³-hybridized carbons (Fsp3) is 0.588. The van der Waals surface area contributed by atoms with Crippen molar-refractivity contribution in [2.24, 2.45) is 5.41 Å². The van der Waals surface area contributed by atoms with Gasteiger partial charge in [0.25, 0.3) is 0 Å². The first-order chi connectivity index (χ1) is 10.1. The van der Waals surface area contributed by atoms with Crippen LogP contribution in [-0.2, 0) is 11.3 Å². The smallest absolute Gasteiger partial charge is 0.236 e. The Labute approximate surface area is 127 Å². The van der Waals surface area contributed by atoms with E-state index in [0.29, 0.717) is 12.0 Å². The second-order valence-corrected chi connectivity index (χ2v) is 6.88. The van der Waals surface area contributed by atoms with Gasteiger partial charge in [-0.25, -0.2) is 0 Å². The van der Waals surface area contributed by atoms with Crippen LogP contribution in [0.4, 0.5) is 0 Å². The van der Waals surface area contributed by atoms with Gasteiger partial charge in [0.1, 0.15) is 0 Å². The standard InChI is InChI=1S/C17H25N3O/c1-18(2)16(21)11-19-9-8-17(12-19)13-20(14-17)10-15-6-4-3-5-7-15/h3-7H,8-14H2,1-2H3. The second-order valence-electron chi connectivity index (χ2n) is 6.88. The number of nitrogens with zero attached hydrogens (tertiary/aromatic N) is 3. The molecule has 0 aromatic heterocycles. The maximum absolute atomic E-state index is 11.8. The summed E-state index contributed by atoms with van der Waals surface area (Å²) in [7, 11) is 3.66. The van der Waals surface area contributed by atoms with Gasteiger partial charge in [-0.3, -0.25) is 14.6 Å². The fourth-order valence-corrected chi connectivity index (χ4v) is 3.61. The third-order valence-corrected chi connectivity index (χ3v) is 4.74. The van der Waals surface area contributed by atoms with Gasteiger partial charge in [0.15, 0.2) is 0 Å². The van der Waals surface area contributed by atoms with Crippen molar-refractivity contribution in [3.8, 4) is 0 Å². The highest BCUT2D eigenvalue weighted by Crippen LogP contribution is 2.40. The van der Waals surface area contributed by atoms with E-state index >= 15 is 0 Å². The van der Waals surface area contributed by atoms with E-state index in [9.17, 15) is 4.79 Å². The van der Waals surface area contributed by atoms with E-state index < -0.39 is 0 Å². The van der Waals surface area contributed by atoms with E-state index in [-0.39, 0.29) is 5.91 Å². The zero-order chi connectivity index (χ0) is 14.9. The summed E-state index contributed by atoms with van der Waals surface area (Å²) in [5, 5.41) is 0. The van der Waals surface area contributed by atoms with Crippen molar-refractivity contribution in [1.29, 1.82) is 0 Å². The van der Waals surface area contributed by atoms with Crippen molar-refractivity contribution >= 4 is 5.91 Å². The van der Waals surface area contributed by atoms with Crippen LogP contribution in [0.2, 0.25) is 0 Å². The summed E-state index contributed by atoms with van der Waals surface area (Å²) < 4.78 is 0. The predicted octanol–water partition coefficient (Wildman–Crippen LogP) is 1.28. The molecule has 0 bridgehead atoms. The lowest BCUT2D eigenvalue weighted by Gasteiger charge is -2.48. The summed E-state index contributed by atoms with van der Waals surface area (Å²) >= 11 is 0. The van der Waals surface area contributed by atoms with Crippen molar-refractivity contribution in [3.05, 3.63) is 35.9 Å². The molecule has 2 aliphatic heterocycles. The quantitative estimate of drug-likeness (QED) is 0.835. The highest BCUT2D eigenvalue weighted by molar-refractivity contribution is 5.77. The van der Waals surface area contributed by atoms with Gasteiger partial charge in [-0.15, -0.1) is 0 Å². The zero-order valence-corrected chi connectivity index (χ0v) is 13.1. The van der Waals surface area contributed by atoms with Crippen molar-refractivity contribution in [3.63, 3.8) is 0 Å². The number of amides is 1. The number of carbonyl (C=O) groups excluding carboxylic acids is 1. The molecule has 114 valence electrons. The average molecular weight is 287 g/mol. The molecule has 0 atom stereocenters. The van der Waals surface area contributed by atoms with Crippen LogP contribution in [0.15, 0.2) is 30.3 Å². The Morgan fingerprint density at radius 1 is 1.14 bits per heavy atom. The molecule has 21 heavy (non-hydrogen) atoms. The van der Waals surface area contributed by atoms with Gasteiger partial charge in [-0.05, 0) is 18.5 Å². The lowest BCUT2D eigenvalue weighted by Crippen LogP contribution is -2.57. The Kier molecular flexibility index (Phi) is 4.00. The average Bonchev–Trinajstić information content (AvgIpc) is 2.83. The molecule has 2 fully saturated rings. The lowest BCUT2D eigenvalue weighted by atomic mass is 9.79. The van der Waals surface area contributed by atoms with Crippen LogP contribution < -0.4 is 0 Å². The Balaban J connectivity index is 1.46. The first-order valence-corrected chi connectivity index (χ1v) is 7.75. The third kappa shape index (κ3) is 3.27. The van der Waals surface area contributed by atoms with Crippen LogP contribution in [-0.4, -0.2) is 67.4 Å². The van der Waals surface area contributed by atoms with Crippen LogP contribution in [0, 0.1) is 5.41 Å². The molecular formula is C17H25N3O. The largest absolute Gasteiger partial charge is 0.348 e. The first-order valence-electron chi connectivity index (χ1n) is 7.75. The van der Waals surface area contributed by atoms with Crippen LogP contribution in [0.3, 0.4) is 0 Å². The van der Waals surface area contributed by atoms with E-state index in [2.05, 4.69) is 40.1 Å². The number of likely N-dealkylation sites (tertiary alicyclic amines) is 2. The molecule has 4 nitrogen and oxygen atoms in total. The molecule has 1 amide bonds. The monoisotopic (exact) mass is 287 g/mol. The summed E-state index contributed by atoms with van der Waals surface area (Å²) in [5.74, 6) is 0.215. The molecule has 0 radical (unpaired) electrons. The van der Waals surface area contributed by atoms with Crippen molar-refractivity contribution in [1.82, 2.24) is 14.7 Å². The Morgan fingerprint density at radius 2 is 1.81 bits per heavy atom. The first kappa shape index (κ1) is 14.5.